The van der Waals surface area contributed by atoms with Crippen LogP contribution in [-0.2, 0) is 4.79 Å². The number of carbonyl (C=O) groups excluding carboxylic acids is 1. The van der Waals surface area contributed by atoms with E-state index in [2.05, 4.69) is 16.9 Å². The number of nitrogens with one attached hydrogen (secondary N) is 2. The van der Waals surface area contributed by atoms with Gasteiger partial charge in [-0.25, -0.2) is 0 Å². The summed E-state index contributed by atoms with van der Waals surface area (Å²) < 4.78 is 0. The van der Waals surface area contributed by atoms with Crippen molar-refractivity contribution < 1.29 is 4.79 Å². The lowest BCUT2D eigenvalue weighted by Gasteiger charge is -2.29. The third-order valence-electron chi connectivity index (χ3n) is 4.06. The molecule has 2 atom stereocenters. The fourth-order valence-corrected chi connectivity index (χ4v) is 4.78. The Morgan fingerprint density at radius 2 is 2.00 bits per heavy atom. The molecule has 1 saturated carbocycles. The summed E-state index contributed by atoms with van der Waals surface area (Å²) in [6, 6.07) is 0.423. The molecule has 0 spiro atoms. The zero-order valence-electron chi connectivity index (χ0n) is 11.8. The van der Waals surface area contributed by atoms with Crippen molar-refractivity contribution in [1.82, 2.24) is 10.6 Å². The van der Waals surface area contributed by atoms with Crippen molar-refractivity contribution in [2.24, 2.45) is 0 Å². The average molecular weight is 303 g/mol. The van der Waals surface area contributed by atoms with Crippen LogP contribution in [0.15, 0.2) is 0 Å². The van der Waals surface area contributed by atoms with E-state index >= 15 is 0 Å². The van der Waals surface area contributed by atoms with Gasteiger partial charge < -0.3 is 10.6 Å². The Hall–Kier alpha value is 0.130. The number of thioether (sulfide) groups is 2. The number of piperidine rings is 1. The highest BCUT2D eigenvalue weighted by atomic mass is 32.2. The van der Waals surface area contributed by atoms with E-state index < -0.39 is 0 Å². The summed E-state index contributed by atoms with van der Waals surface area (Å²) in [7, 11) is 0. The minimum atomic E-state index is 0.246. The predicted molar refractivity (Wildman–Crippen MR) is 86.1 cm³/mol. The van der Waals surface area contributed by atoms with Crippen LogP contribution >= 0.6 is 23.5 Å². The smallest absolute Gasteiger partial charge is 0.230 e. The van der Waals surface area contributed by atoms with Gasteiger partial charge in [0.25, 0.3) is 0 Å². The van der Waals surface area contributed by atoms with Gasteiger partial charge in [0, 0.05) is 16.5 Å². The second kappa shape index (κ2) is 8.42. The molecule has 0 bridgehead atoms. The van der Waals surface area contributed by atoms with Gasteiger partial charge in [-0.2, -0.15) is 11.8 Å². The molecule has 1 heterocycles. The van der Waals surface area contributed by atoms with Crippen LogP contribution in [0, 0.1) is 0 Å². The highest BCUT2D eigenvalue weighted by Crippen LogP contribution is 2.27. The van der Waals surface area contributed by atoms with Crippen molar-refractivity contribution in [3.63, 3.8) is 0 Å². The topological polar surface area (TPSA) is 41.1 Å². The van der Waals surface area contributed by atoms with Gasteiger partial charge in [-0.3, -0.25) is 4.79 Å². The Labute approximate surface area is 125 Å². The zero-order valence-corrected chi connectivity index (χ0v) is 13.5. The van der Waals surface area contributed by atoms with Crippen LogP contribution in [0.4, 0.5) is 0 Å². The molecule has 0 aromatic heterocycles. The first-order chi connectivity index (χ1) is 9.28. The molecule has 2 aliphatic rings. The van der Waals surface area contributed by atoms with Gasteiger partial charge in [-0.15, -0.1) is 11.8 Å². The second-order valence-electron chi connectivity index (χ2n) is 5.55. The maximum Gasteiger partial charge on any atom is 0.230 e. The second-order valence-corrected chi connectivity index (χ2v) is 7.98. The molecule has 2 N–H and O–H groups in total. The third-order valence-corrected chi connectivity index (χ3v) is 6.53. The lowest BCUT2D eigenvalue weighted by atomic mass is 9.95. The molecule has 2 fully saturated rings. The SMILES string of the molecule is CSC1CCCC(NC(=O)CSC2CCNCC2)C1. The standard InChI is InChI=1S/C14H26N2OS2/c1-18-13-4-2-3-11(9-13)16-14(17)10-19-12-5-7-15-8-6-12/h11-13,15H,2-10H2,1H3,(H,16,17). The van der Waals surface area contributed by atoms with Gasteiger partial charge >= 0.3 is 0 Å². The Bertz CT molecular complexity index is 283. The maximum absolute atomic E-state index is 12.0. The van der Waals surface area contributed by atoms with Gasteiger partial charge in [0.05, 0.1) is 5.75 Å². The van der Waals surface area contributed by atoms with Gasteiger partial charge in [-0.05, 0) is 51.4 Å². The van der Waals surface area contributed by atoms with Crippen molar-refractivity contribution in [3.8, 4) is 0 Å². The summed E-state index contributed by atoms with van der Waals surface area (Å²) in [5, 5.41) is 8.02. The molecule has 1 saturated heterocycles. The summed E-state index contributed by atoms with van der Waals surface area (Å²) in [5.41, 5.74) is 0. The quantitative estimate of drug-likeness (QED) is 0.817. The third kappa shape index (κ3) is 5.56. The van der Waals surface area contributed by atoms with E-state index in [0.717, 1.165) is 24.8 Å². The van der Waals surface area contributed by atoms with Crippen molar-refractivity contribution in [3.05, 3.63) is 0 Å². The number of amides is 1. The fourth-order valence-electron chi connectivity index (χ4n) is 2.92. The number of carbonyl (C=O) groups is 1. The van der Waals surface area contributed by atoms with Crippen molar-refractivity contribution >= 4 is 29.4 Å². The maximum atomic E-state index is 12.0. The molecule has 1 amide bonds. The number of hydrogen-bond donors (Lipinski definition) is 2. The Morgan fingerprint density at radius 1 is 1.21 bits per heavy atom. The van der Waals surface area contributed by atoms with Crippen molar-refractivity contribution in [1.29, 1.82) is 0 Å². The van der Waals surface area contributed by atoms with Crippen LogP contribution in [-0.4, -0.2) is 47.5 Å². The van der Waals surface area contributed by atoms with E-state index in [-0.39, 0.29) is 5.91 Å². The molecule has 2 unspecified atom stereocenters. The van der Waals surface area contributed by atoms with Crippen LogP contribution in [0.5, 0.6) is 0 Å². The molecule has 1 aliphatic heterocycles. The van der Waals surface area contributed by atoms with Crippen LogP contribution in [0.1, 0.15) is 38.5 Å². The molecule has 0 aromatic carbocycles. The molecule has 3 nitrogen and oxygen atoms in total. The number of hydrogen-bond acceptors (Lipinski definition) is 4. The van der Waals surface area contributed by atoms with Crippen LogP contribution in [0.2, 0.25) is 0 Å². The summed E-state index contributed by atoms with van der Waals surface area (Å²) in [5.74, 6) is 0.890. The van der Waals surface area contributed by atoms with E-state index in [4.69, 9.17) is 0 Å². The molecule has 19 heavy (non-hydrogen) atoms. The molecule has 1 aliphatic carbocycles. The average Bonchev–Trinajstić information content (AvgIpc) is 2.46. The summed E-state index contributed by atoms with van der Waals surface area (Å²) in [6.45, 7) is 2.22. The monoisotopic (exact) mass is 302 g/mol. The Morgan fingerprint density at radius 3 is 2.74 bits per heavy atom. The predicted octanol–water partition coefficient (Wildman–Crippen LogP) is 2.26. The van der Waals surface area contributed by atoms with Crippen LogP contribution in [0.3, 0.4) is 0 Å². The molecule has 2 rings (SSSR count). The van der Waals surface area contributed by atoms with Gasteiger partial charge in [0.1, 0.15) is 0 Å². The first-order valence-electron chi connectivity index (χ1n) is 7.42. The molecular formula is C14H26N2OS2. The molecule has 110 valence electrons. The van der Waals surface area contributed by atoms with E-state index in [9.17, 15) is 4.79 Å². The lowest BCUT2D eigenvalue weighted by molar-refractivity contribution is -0.119. The van der Waals surface area contributed by atoms with E-state index in [0.29, 0.717) is 17.0 Å². The highest BCUT2D eigenvalue weighted by molar-refractivity contribution is 8.00. The molecule has 0 radical (unpaired) electrons. The number of rotatable bonds is 5. The molecule has 0 aromatic rings. The van der Waals surface area contributed by atoms with Crippen LogP contribution in [0.25, 0.3) is 0 Å². The summed E-state index contributed by atoms with van der Waals surface area (Å²) in [4.78, 5) is 12.0. The summed E-state index contributed by atoms with van der Waals surface area (Å²) in [6.07, 6.45) is 9.49. The van der Waals surface area contributed by atoms with E-state index in [1.807, 2.05) is 23.5 Å². The van der Waals surface area contributed by atoms with Gasteiger partial charge in [0.15, 0.2) is 0 Å². The Balaban J connectivity index is 1.63. The van der Waals surface area contributed by atoms with Gasteiger partial charge in [-0.1, -0.05) is 6.42 Å². The molecular weight excluding hydrogens is 276 g/mol. The first kappa shape index (κ1) is 15.5. The van der Waals surface area contributed by atoms with Crippen molar-refractivity contribution in [2.45, 2.75) is 55.1 Å². The van der Waals surface area contributed by atoms with E-state index in [1.54, 1.807) is 0 Å². The minimum absolute atomic E-state index is 0.246. The zero-order chi connectivity index (χ0) is 13.5. The normalized spacial score (nSPS) is 29.1. The van der Waals surface area contributed by atoms with Crippen LogP contribution < -0.4 is 10.6 Å². The summed E-state index contributed by atoms with van der Waals surface area (Å²) >= 11 is 3.79. The molecule has 5 heteroatoms. The minimum Gasteiger partial charge on any atom is -0.353 e. The Kier molecular flexibility index (Phi) is 6.88. The van der Waals surface area contributed by atoms with E-state index in [1.165, 1.54) is 32.1 Å². The first-order valence-corrected chi connectivity index (χ1v) is 9.76. The van der Waals surface area contributed by atoms with Gasteiger partial charge in [0.2, 0.25) is 5.91 Å². The lowest BCUT2D eigenvalue weighted by Crippen LogP contribution is -2.40. The highest BCUT2D eigenvalue weighted by Gasteiger charge is 2.23. The fraction of sp³-hybridized carbons (Fsp3) is 0.929. The van der Waals surface area contributed by atoms with Crippen molar-refractivity contribution in [2.75, 3.05) is 25.1 Å². The largest absolute Gasteiger partial charge is 0.353 e.